The normalized spacial score (nSPS) is 11.8. The molecule has 2 aromatic rings. The van der Waals surface area contributed by atoms with E-state index in [2.05, 4.69) is 9.97 Å². The van der Waals surface area contributed by atoms with Crippen molar-refractivity contribution in [3.63, 3.8) is 0 Å². The van der Waals surface area contributed by atoms with Crippen molar-refractivity contribution in [2.24, 2.45) is 0 Å². The topological polar surface area (TPSA) is 28.7 Å². The minimum Gasteiger partial charge on any atom is -0.345 e. The maximum Gasteiger partial charge on any atom is 0.104 e. The zero-order valence-electron chi connectivity index (χ0n) is 5.76. The molecule has 2 rings (SSSR count). The van der Waals surface area contributed by atoms with E-state index in [1.807, 2.05) is 24.3 Å². The molecule has 0 aliphatic carbocycles. The van der Waals surface area contributed by atoms with Crippen LogP contribution in [-0.2, 0) is 0 Å². The molecule has 1 aromatic heterocycles. The summed E-state index contributed by atoms with van der Waals surface area (Å²) in [6, 6.07) is 7.60. The van der Waals surface area contributed by atoms with Crippen molar-refractivity contribution < 1.29 is 1.37 Å². The van der Waals surface area contributed by atoms with Crippen molar-refractivity contribution in [2.45, 2.75) is 0 Å². The molecule has 0 saturated heterocycles. The van der Waals surface area contributed by atoms with Gasteiger partial charge in [0.2, 0.25) is 0 Å². The van der Waals surface area contributed by atoms with E-state index in [-0.39, 0.29) is 6.30 Å². The first kappa shape index (κ1) is 3.67. The van der Waals surface area contributed by atoms with Gasteiger partial charge in [-0.3, -0.25) is 0 Å². The van der Waals surface area contributed by atoms with Crippen LogP contribution in [0.4, 0.5) is 0 Å². The van der Waals surface area contributed by atoms with Gasteiger partial charge >= 0.3 is 0 Å². The number of nitrogens with zero attached hydrogens (tertiary/aromatic N) is 1. The number of aromatic nitrogens is 2. The number of nitrogens with one attached hydrogen (secondary N) is 1. The summed E-state index contributed by atoms with van der Waals surface area (Å²) in [5.74, 6) is 0. The van der Waals surface area contributed by atoms with E-state index in [1.165, 1.54) is 0 Å². The molecule has 0 saturated carbocycles. The third-order valence-corrected chi connectivity index (χ3v) is 1.27. The number of para-hydroxylation sites is 2. The second kappa shape index (κ2) is 1.58. The molecule has 44 valence electrons. The summed E-state index contributed by atoms with van der Waals surface area (Å²) in [6.45, 7) is 0. The first-order valence-electron chi connectivity index (χ1n) is 3.27. The Morgan fingerprint density at radius 3 is 3.22 bits per heavy atom. The average Bonchev–Trinajstić information content (AvgIpc) is 2.27. The fourth-order valence-electron chi connectivity index (χ4n) is 0.825. The lowest BCUT2D eigenvalue weighted by atomic mass is 10.3. The third kappa shape index (κ3) is 0.598. The second-order valence-electron chi connectivity index (χ2n) is 1.87. The smallest absolute Gasteiger partial charge is 0.104 e. The number of imidazole rings is 1. The van der Waals surface area contributed by atoms with Crippen LogP contribution in [0.5, 0.6) is 0 Å². The van der Waals surface area contributed by atoms with Gasteiger partial charge in [-0.1, -0.05) is 12.1 Å². The van der Waals surface area contributed by atoms with Gasteiger partial charge < -0.3 is 4.98 Å². The Morgan fingerprint density at radius 2 is 2.33 bits per heavy atom. The lowest BCUT2D eigenvalue weighted by molar-refractivity contribution is 1.34. The van der Waals surface area contributed by atoms with Crippen LogP contribution in [-0.4, -0.2) is 9.97 Å². The molecule has 0 radical (unpaired) electrons. The molecule has 1 aromatic carbocycles. The Labute approximate surface area is 53.9 Å². The molecular formula is C7H6N2. The lowest BCUT2D eigenvalue weighted by Crippen LogP contribution is -1.63. The minimum absolute atomic E-state index is 0.223. The molecule has 2 nitrogen and oxygen atoms in total. The molecule has 9 heavy (non-hydrogen) atoms. The Kier molecular flexibility index (Phi) is 0.646. The highest BCUT2D eigenvalue weighted by Crippen LogP contribution is 2.05. The summed E-state index contributed by atoms with van der Waals surface area (Å²) in [7, 11) is 0. The number of aromatic amines is 1. The van der Waals surface area contributed by atoms with E-state index in [4.69, 9.17) is 1.37 Å². The van der Waals surface area contributed by atoms with E-state index in [0.717, 1.165) is 11.0 Å². The zero-order valence-corrected chi connectivity index (χ0v) is 4.76. The van der Waals surface area contributed by atoms with Crippen molar-refractivity contribution >= 4 is 11.0 Å². The van der Waals surface area contributed by atoms with Gasteiger partial charge in [-0.25, -0.2) is 4.98 Å². The van der Waals surface area contributed by atoms with Crippen molar-refractivity contribution in [1.82, 2.24) is 9.97 Å². The van der Waals surface area contributed by atoms with Gasteiger partial charge in [0.15, 0.2) is 0 Å². The zero-order chi connectivity index (χ0) is 6.97. The summed E-state index contributed by atoms with van der Waals surface area (Å²) >= 11 is 0. The van der Waals surface area contributed by atoms with E-state index in [9.17, 15) is 0 Å². The highest BCUT2D eigenvalue weighted by atomic mass is 14.9. The van der Waals surface area contributed by atoms with Crippen molar-refractivity contribution in [1.29, 1.82) is 0 Å². The summed E-state index contributed by atoms with van der Waals surface area (Å²) in [4.78, 5) is 6.74. The molecule has 0 spiro atoms. The van der Waals surface area contributed by atoms with E-state index < -0.39 is 0 Å². The van der Waals surface area contributed by atoms with Crippen LogP contribution in [0, 0.1) is 0 Å². The molecular weight excluding hydrogens is 112 g/mol. The van der Waals surface area contributed by atoms with Gasteiger partial charge in [0, 0.05) is 0 Å². The lowest BCUT2D eigenvalue weighted by Gasteiger charge is -1.81. The first-order chi connectivity index (χ1) is 4.86. The van der Waals surface area contributed by atoms with Crippen LogP contribution in [0.3, 0.4) is 0 Å². The Hall–Kier alpha value is -1.31. The van der Waals surface area contributed by atoms with Gasteiger partial charge in [0.1, 0.15) is 1.37 Å². The van der Waals surface area contributed by atoms with Crippen LogP contribution in [0.1, 0.15) is 1.37 Å². The predicted octanol–water partition coefficient (Wildman–Crippen LogP) is 1.56. The van der Waals surface area contributed by atoms with Crippen LogP contribution in [0.2, 0.25) is 0 Å². The molecule has 1 N–H and O–H groups in total. The largest absolute Gasteiger partial charge is 0.345 e. The third-order valence-electron chi connectivity index (χ3n) is 1.27. The van der Waals surface area contributed by atoms with Gasteiger partial charge in [-0.2, -0.15) is 0 Å². The van der Waals surface area contributed by atoms with Gasteiger partial charge in [-0.05, 0) is 12.1 Å². The monoisotopic (exact) mass is 119 g/mol. The first-order valence-corrected chi connectivity index (χ1v) is 2.77. The Bertz CT molecular complexity index is 320. The van der Waals surface area contributed by atoms with Crippen LogP contribution in [0.25, 0.3) is 11.0 Å². The fourth-order valence-corrected chi connectivity index (χ4v) is 0.825. The molecule has 2 heteroatoms. The van der Waals surface area contributed by atoms with Crippen molar-refractivity contribution in [2.75, 3.05) is 0 Å². The van der Waals surface area contributed by atoms with Crippen LogP contribution >= 0.6 is 0 Å². The maximum atomic E-state index is 7.16. The standard InChI is InChI=1S/C7H6N2/c1-2-4-7-6(3-1)8-5-9-7/h1-5H,(H,8,9)/i5D. The Morgan fingerprint density at radius 1 is 1.44 bits per heavy atom. The number of hydrogen-bond acceptors (Lipinski definition) is 1. The average molecular weight is 119 g/mol. The molecule has 0 aliphatic heterocycles. The fraction of sp³-hybridized carbons (Fsp3) is 0. The quantitative estimate of drug-likeness (QED) is 0.560. The summed E-state index contributed by atoms with van der Waals surface area (Å²) in [5.41, 5.74) is 1.78. The highest BCUT2D eigenvalue weighted by molar-refractivity contribution is 5.73. The Balaban J connectivity index is 2.88. The molecule has 0 atom stereocenters. The highest BCUT2D eigenvalue weighted by Gasteiger charge is 1.88. The summed E-state index contributed by atoms with van der Waals surface area (Å²) in [5, 5.41) is 0. The van der Waals surface area contributed by atoms with Crippen molar-refractivity contribution in [3.8, 4) is 0 Å². The second-order valence-corrected chi connectivity index (χ2v) is 1.87. The van der Waals surface area contributed by atoms with Gasteiger partial charge in [-0.15, -0.1) is 0 Å². The number of hydrogen-bond donors (Lipinski definition) is 1. The molecule has 0 aliphatic rings. The summed E-state index contributed by atoms with van der Waals surface area (Å²) < 4.78 is 7.16. The number of benzene rings is 1. The van der Waals surface area contributed by atoms with E-state index in [1.54, 1.807) is 0 Å². The molecule has 0 bridgehead atoms. The molecule has 0 unspecified atom stereocenters. The maximum absolute atomic E-state index is 7.16. The van der Waals surface area contributed by atoms with Gasteiger partial charge in [0.05, 0.1) is 17.3 Å². The van der Waals surface area contributed by atoms with Crippen LogP contribution < -0.4 is 0 Å². The van der Waals surface area contributed by atoms with E-state index in [0.29, 0.717) is 0 Å². The molecule has 0 amide bonds. The molecule has 0 fully saturated rings. The van der Waals surface area contributed by atoms with E-state index >= 15 is 0 Å². The SMILES string of the molecule is [2H]c1nc2ccccc2[nH]1. The summed E-state index contributed by atoms with van der Waals surface area (Å²) in [6.07, 6.45) is 0.223. The number of rotatable bonds is 0. The van der Waals surface area contributed by atoms with Crippen molar-refractivity contribution in [3.05, 3.63) is 30.6 Å². The van der Waals surface area contributed by atoms with Gasteiger partial charge in [0.25, 0.3) is 0 Å². The minimum atomic E-state index is 0.223. The van der Waals surface area contributed by atoms with Crippen LogP contribution in [0.15, 0.2) is 30.6 Å². The number of H-pyrrole nitrogens is 1. The number of fused-ring (bicyclic) bond motifs is 1. The molecule has 1 heterocycles. The predicted molar refractivity (Wildman–Crippen MR) is 36.1 cm³/mol.